The standard InChI is InChI=1S/C51H90O8/c1-6-9-12-15-18-21-24-27-30-33-36-55-47-43-46(51(53)59-42-40-54-39-41-58-50(52)45(4)5)44-48(56-37-34-31-28-25-22-19-16-13-10-7-2)49(47)57-38-35-32-29-26-23-20-17-14-11-8-3/h43-44H,4,6-42H2,1-3,5H3. The van der Waals surface area contributed by atoms with Crippen LogP contribution in [-0.4, -0.2) is 58.2 Å². The number of carbonyl (C=O) groups is 2. The van der Waals surface area contributed by atoms with Crippen LogP contribution < -0.4 is 14.2 Å². The molecular weight excluding hydrogens is 741 g/mol. The van der Waals surface area contributed by atoms with Gasteiger partial charge in [-0.15, -0.1) is 0 Å². The fraction of sp³-hybridized carbons (Fsp3) is 0.804. The molecule has 1 aromatic rings. The van der Waals surface area contributed by atoms with E-state index in [2.05, 4.69) is 27.4 Å². The highest BCUT2D eigenvalue weighted by Crippen LogP contribution is 2.40. The van der Waals surface area contributed by atoms with Crippen molar-refractivity contribution in [3.8, 4) is 17.2 Å². The van der Waals surface area contributed by atoms with Crippen LogP contribution >= 0.6 is 0 Å². The summed E-state index contributed by atoms with van der Waals surface area (Å²) in [5, 5.41) is 0. The Bertz CT molecular complexity index is 1100. The molecule has 0 amide bonds. The van der Waals surface area contributed by atoms with Gasteiger partial charge in [0.25, 0.3) is 0 Å². The summed E-state index contributed by atoms with van der Waals surface area (Å²) < 4.78 is 35.5. The minimum Gasteiger partial charge on any atom is -0.490 e. The van der Waals surface area contributed by atoms with Gasteiger partial charge in [0.15, 0.2) is 11.5 Å². The second-order valence-corrected chi connectivity index (χ2v) is 16.6. The molecule has 0 bridgehead atoms. The van der Waals surface area contributed by atoms with Crippen LogP contribution in [0.3, 0.4) is 0 Å². The third-order valence-electron chi connectivity index (χ3n) is 10.8. The Morgan fingerprint density at radius 1 is 0.424 bits per heavy atom. The van der Waals surface area contributed by atoms with Gasteiger partial charge < -0.3 is 28.4 Å². The first-order valence-electron chi connectivity index (χ1n) is 24.6. The first kappa shape index (κ1) is 54.3. The van der Waals surface area contributed by atoms with E-state index in [1.165, 1.54) is 154 Å². The molecule has 0 aliphatic heterocycles. The number of hydrogen-bond donors (Lipinski definition) is 0. The lowest BCUT2D eigenvalue weighted by Crippen LogP contribution is -2.15. The van der Waals surface area contributed by atoms with E-state index in [9.17, 15) is 9.59 Å². The maximum atomic E-state index is 13.4. The van der Waals surface area contributed by atoms with Gasteiger partial charge in [-0.05, 0) is 38.3 Å². The summed E-state index contributed by atoms with van der Waals surface area (Å²) in [6.45, 7) is 14.2. The molecule has 0 radical (unpaired) electrons. The molecule has 0 saturated heterocycles. The molecule has 59 heavy (non-hydrogen) atoms. The lowest BCUT2D eigenvalue weighted by molar-refractivity contribution is -0.140. The van der Waals surface area contributed by atoms with Crippen molar-refractivity contribution < 1.29 is 38.0 Å². The molecule has 0 aromatic heterocycles. The zero-order valence-corrected chi connectivity index (χ0v) is 38.8. The van der Waals surface area contributed by atoms with Crippen LogP contribution in [0.2, 0.25) is 0 Å². The van der Waals surface area contributed by atoms with Gasteiger partial charge in [-0.1, -0.05) is 201 Å². The largest absolute Gasteiger partial charge is 0.490 e. The second-order valence-electron chi connectivity index (χ2n) is 16.6. The molecule has 0 spiro atoms. The Morgan fingerprint density at radius 2 is 0.746 bits per heavy atom. The molecule has 8 heteroatoms. The van der Waals surface area contributed by atoms with E-state index >= 15 is 0 Å². The lowest BCUT2D eigenvalue weighted by Gasteiger charge is -2.19. The predicted molar refractivity (Wildman–Crippen MR) is 245 cm³/mol. The van der Waals surface area contributed by atoms with Gasteiger partial charge in [0, 0.05) is 5.57 Å². The van der Waals surface area contributed by atoms with Crippen molar-refractivity contribution in [1.82, 2.24) is 0 Å². The van der Waals surface area contributed by atoms with Gasteiger partial charge in [-0.2, -0.15) is 0 Å². The minimum absolute atomic E-state index is 0.0633. The third-order valence-corrected chi connectivity index (χ3v) is 10.8. The van der Waals surface area contributed by atoms with Gasteiger partial charge in [0.1, 0.15) is 13.2 Å². The number of benzene rings is 1. The molecule has 0 fully saturated rings. The van der Waals surface area contributed by atoms with Crippen molar-refractivity contribution in [2.75, 3.05) is 46.2 Å². The summed E-state index contributed by atoms with van der Waals surface area (Å²) in [5.74, 6) is 0.737. The first-order chi connectivity index (χ1) is 28.9. The number of hydrogen-bond acceptors (Lipinski definition) is 8. The van der Waals surface area contributed by atoms with E-state index in [0.29, 0.717) is 48.2 Å². The van der Waals surface area contributed by atoms with E-state index in [1.54, 1.807) is 19.1 Å². The van der Waals surface area contributed by atoms with E-state index in [4.69, 9.17) is 28.4 Å². The van der Waals surface area contributed by atoms with Gasteiger partial charge in [-0.25, -0.2) is 9.59 Å². The summed E-state index contributed by atoms with van der Waals surface area (Å²) in [6.07, 6.45) is 37.6. The molecule has 1 aromatic carbocycles. The van der Waals surface area contributed by atoms with E-state index in [1.807, 2.05) is 0 Å². The van der Waals surface area contributed by atoms with E-state index < -0.39 is 11.9 Å². The van der Waals surface area contributed by atoms with Crippen LogP contribution in [0.4, 0.5) is 0 Å². The molecule has 342 valence electrons. The number of carbonyl (C=O) groups excluding carboxylic acids is 2. The van der Waals surface area contributed by atoms with Crippen molar-refractivity contribution >= 4 is 11.9 Å². The van der Waals surface area contributed by atoms with E-state index in [-0.39, 0.29) is 26.4 Å². The summed E-state index contributed by atoms with van der Waals surface area (Å²) in [7, 11) is 0. The minimum atomic E-state index is -0.476. The number of esters is 2. The highest BCUT2D eigenvalue weighted by Gasteiger charge is 2.20. The fourth-order valence-electron chi connectivity index (χ4n) is 7.05. The average Bonchev–Trinajstić information content (AvgIpc) is 3.23. The SMILES string of the molecule is C=C(C)C(=O)OCCOCCOC(=O)c1cc(OCCCCCCCCCCCC)c(OCCCCCCCCCCCC)c(OCCCCCCCCCCCC)c1. The Hall–Kier alpha value is -2.74. The molecule has 8 nitrogen and oxygen atoms in total. The maximum absolute atomic E-state index is 13.4. The van der Waals surface area contributed by atoms with Crippen molar-refractivity contribution in [3.05, 3.63) is 29.8 Å². The Labute approximate surface area is 362 Å². The van der Waals surface area contributed by atoms with Crippen LogP contribution in [0.15, 0.2) is 24.3 Å². The van der Waals surface area contributed by atoms with Crippen LogP contribution in [0.1, 0.15) is 231 Å². The molecule has 1 rings (SSSR count). The smallest absolute Gasteiger partial charge is 0.338 e. The van der Waals surface area contributed by atoms with Crippen molar-refractivity contribution in [2.45, 2.75) is 220 Å². The molecule has 0 N–H and O–H groups in total. The van der Waals surface area contributed by atoms with Crippen LogP contribution in [0.25, 0.3) is 0 Å². The second kappa shape index (κ2) is 40.7. The lowest BCUT2D eigenvalue weighted by atomic mass is 10.1. The molecule has 0 aliphatic rings. The maximum Gasteiger partial charge on any atom is 0.338 e. The van der Waals surface area contributed by atoms with Crippen LogP contribution in [0.5, 0.6) is 17.2 Å². The Morgan fingerprint density at radius 3 is 1.10 bits per heavy atom. The van der Waals surface area contributed by atoms with Crippen molar-refractivity contribution in [1.29, 1.82) is 0 Å². The predicted octanol–water partition coefficient (Wildman–Crippen LogP) is 14.9. The quantitative estimate of drug-likeness (QED) is 0.0365. The van der Waals surface area contributed by atoms with Crippen LogP contribution in [-0.2, 0) is 19.0 Å². The third kappa shape index (κ3) is 31.8. The Balaban J connectivity index is 2.90. The summed E-state index contributed by atoms with van der Waals surface area (Å²) in [5.41, 5.74) is 0.704. The van der Waals surface area contributed by atoms with Gasteiger partial charge in [0.05, 0.1) is 38.6 Å². The zero-order chi connectivity index (χ0) is 42.9. The van der Waals surface area contributed by atoms with Crippen LogP contribution in [0, 0.1) is 0 Å². The summed E-state index contributed by atoms with van der Waals surface area (Å²) >= 11 is 0. The highest BCUT2D eigenvalue weighted by atomic mass is 16.6. The summed E-state index contributed by atoms with van der Waals surface area (Å²) in [4.78, 5) is 25.0. The van der Waals surface area contributed by atoms with Crippen molar-refractivity contribution in [3.63, 3.8) is 0 Å². The van der Waals surface area contributed by atoms with Gasteiger partial charge >= 0.3 is 11.9 Å². The molecule has 0 heterocycles. The van der Waals surface area contributed by atoms with E-state index in [0.717, 1.165) is 38.5 Å². The highest BCUT2D eigenvalue weighted by molar-refractivity contribution is 5.91. The number of rotatable bonds is 44. The molecule has 0 aliphatic carbocycles. The molecular formula is C51H90O8. The monoisotopic (exact) mass is 831 g/mol. The Kier molecular flexibility index (Phi) is 37.4. The number of unbranched alkanes of at least 4 members (excludes halogenated alkanes) is 27. The topological polar surface area (TPSA) is 89.5 Å². The summed E-state index contributed by atoms with van der Waals surface area (Å²) in [6, 6.07) is 3.50. The van der Waals surface area contributed by atoms with Gasteiger partial charge in [-0.3, -0.25) is 0 Å². The zero-order valence-electron chi connectivity index (χ0n) is 38.8. The molecule has 0 unspecified atom stereocenters. The molecule has 0 atom stereocenters. The molecule has 0 saturated carbocycles. The normalized spacial score (nSPS) is 11.1. The first-order valence-corrected chi connectivity index (χ1v) is 24.6. The van der Waals surface area contributed by atoms with Gasteiger partial charge in [0.2, 0.25) is 5.75 Å². The fourth-order valence-corrected chi connectivity index (χ4v) is 7.05. The average molecular weight is 831 g/mol. The van der Waals surface area contributed by atoms with Crippen molar-refractivity contribution in [2.24, 2.45) is 0 Å². The number of ether oxygens (including phenoxy) is 6.